The predicted octanol–water partition coefficient (Wildman–Crippen LogP) is 2.03. The van der Waals surface area contributed by atoms with E-state index in [9.17, 15) is 4.79 Å². The van der Waals surface area contributed by atoms with Crippen molar-refractivity contribution in [2.75, 3.05) is 32.1 Å². The second-order valence-corrected chi connectivity index (χ2v) is 7.19. The fourth-order valence-corrected chi connectivity index (χ4v) is 3.34. The summed E-state index contributed by atoms with van der Waals surface area (Å²) in [6.45, 7) is 6.68. The summed E-state index contributed by atoms with van der Waals surface area (Å²) in [5.74, 6) is 0.497. The average molecular weight is 353 g/mol. The smallest absolute Gasteiger partial charge is 0.254 e. The number of nitrogens with zero attached hydrogens (tertiary/aromatic N) is 4. The Morgan fingerprint density at radius 3 is 2.73 bits per heavy atom. The first kappa shape index (κ1) is 18.3. The van der Waals surface area contributed by atoms with Crippen LogP contribution in [0.5, 0.6) is 0 Å². The maximum Gasteiger partial charge on any atom is 0.254 e. The van der Waals surface area contributed by atoms with Crippen molar-refractivity contribution >= 4 is 11.9 Å². The van der Waals surface area contributed by atoms with E-state index in [4.69, 9.17) is 0 Å². The summed E-state index contributed by atoms with van der Waals surface area (Å²) in [4.78, 5) is 25.4. The van der Waals surface area contributed by atoms with Crippen molar-refractivity contribution in [1.82, 2.24) is 20.2 Å². The van der Waals surface area contributed by atoms with Crippen molar-refractivity contribution in [1.29, 1.82) is 0 Å². The van der Waals surface area contributed by atoms with Gasteiger partial charge >= 0.3 is 0 Å². The van der Waals surface area contributed by atoms with Crippen molar-refractivity contribution in [3.8, 4) is 0 Å². The van der Waals surface area contributed by atoms with Crippen LogP contribution in [0.25, 0.3) is 0 Å². The fraction of sp³-hybridized carbons (Fsp3) is 0.450. The molecule has 1 amide bonds. The van der Waals surface area contributed by atoms with Crippen LogP contribution in [-0.4, -0.2) is 54.0 Å². The number of carbonyl (C=O) groups is 1. The number of fused-ring (bicyclic) bond motifs is 1. The van der Waals surface area contributed by atoms with Gasteiger partial charge in [-0.3, -0.25) is 9.69 Å². The molecule has 2 aromatic rings. The molecule has 0 radical (unpaired) electrons. The molecule has 26 heavy (non-hydrogen) atoms. The van der Waals surface area contributed by atoms with Gasteiger partial charge in [0.05, 0.1) is 11.3 Å². The van der Waals surface area contributed by atoms with E-state index in [1.807, 2.05) is 32.8 Å². The number of amides is 1. The first-order valence-electron chi connectivity index (χ1n) is 9.05. The van der Waals surface area contributed by atoms with Gasteiger partial charge in [-0.05, 0) is 31.4 Å². The Morgan fingerprint density at radius 2 is 2.04 bits per heavy atom. The van der Waals surface area contributed by atoms with Crippen molar-refractivity contribution < 1.29 is 4.79 Å². The molecular weight excluding hydrogens is 326 g/mol. The first-order valence-corrected chi connectivity index (χ1v) is 9.05. The molecule has 6 heteroatoms. The van der Waals surface area contributed by atoms with E-state index in [0.717, 1.165) is 26.1 Å². The van der Waals surface area contributed by atoms with Crippen LogP contribution in [0.1, 0.15) is 34.1 Å². The Bertz CT molecular complexity index is 790. The summed E-state index contributed by atoms with van der Waals surface area (Å²) >= 11 is 0. The third kappa shape index (κ3) is 4.19. The molecular formula is C20H27N5O. The summed E-state index contributed by atoms with van der Waals surface area (Å²) in [5, 5.41) is 3.08. The summed E-state index contributed by atoms with van der Waals surface area (Å²) in [6.07, 6.45) is 2.67. The normalized spacial score (nSPS) is 15.2. The van der Waals surface area contributed by atoms with Crippen LogP contribution in [0, 0.1) is 6.92 Å². The minimum Gasteiger partial charge on any atom is -0.348 e. The number of benzene rings is 1. The van der Waals surface area contributed by atoms with Crippen molar-refractivity contribution in [3.05, 3.63) is 52.8 Å². The van der Waals surface area contributed by atoms with Gasteiger partial charge in [-0.25, -0.2) is 9.97 Å². The predicted molar refractivity (Wildman–Crippen MR) is 103 cm³/mol. The molecule has 2 heterocycles. The maximum absolute atomic E-state index is 12.6. The van der Waals surface area contributed by atoms with Gasteiger partial charge in [0.25, 0.3) is 5.91 Å². The monoisotopic (exact) mass is 353 g/mol. The van der Waals surface area contributed by atoms with Crippen molar-refractivity contribution in [2.24, 2.45) is 0 Å². The number of anilines is 1. The summed E-state index contributed by atoms with van der Waals surface area (Å²) < 4.78 is 0. The molecule has 0 spiro atoms. The van der Waals surface area contributed by atoms with Crippen LogP contribution in [0.15, 0.2) is 30.5 Å². The minimum atomic E-state index is -0.113. The summed E-state index contributed by atoms with van der Waals surface area (Å²) in [7, 11) is 3.76. The molecule has 0 fully saturated rings. The van der Waals surface area contributed by atoms with Gasteiger partial charge in [0.1, 0.15) is 0 Å². The van der Waals surface area contributed by atoms with E-state index in [0.29, 0.717) is 17.2 Å². The molecule has 1 N–H and O–H groups in total. The van der Waals surface area contributed by atoms with E-state index in [1.165, 1.54) is 11.1 Å². The fourth-order valence-electron chi connectivity index (χ4n) is 3.34. The number of rotatable bonds is 5. The second kappa shape index (κ2) is 7.83. The molecule has 0 aliphatic carbocycles. The molecule has 138 valence electrons. The molecule has 1 aliphatic rings. The first-order chi connectivity index (χ1) is 12.4. The number of hydrogen-bond donors (Lipinski definition) is 1. The van der Waals surface area contributed by atoms with E-state index in [-0.39, 0.29) is 11.9 Å². The Hall–Kier alpha value is -2.47. The molecule has 0 bridgehead atoms. The van der Waals surface area contributed by atoms with E-state index in [1.54, 1.807) is 6.20 Å². The van der Waals surface area contributed by atoms with E-state index >= 15 is 0 Å². The highest BCUT2D eigenvalue weighted by Crippen LogP contribution is 2.18. The lowest BCUT2D eigenvalue weighted by Crippen LogP contribution is -2.43. The van der Waals surface area contributed by atoms with Crippen molar-refractivity contribution in [3.63, 3.8) is 0 Å². The van der Waals surface area contributed by atoms with Crippen LogP contribution in [0.3, 0.4) is 0 Å². The number of aromatic nitrogens is 2. The lowest BCUT2D eigenvalue weighted by molar-refractivity contribution is 0.0925. The zero-order chi connectivity index (χ0) is 18.7. The summed E-state index contributed by atoms with van der Waals surface area (Å²) in [5.41, 5.74) is 4.06. The highest BCUT2D eigenvalue weighted by atomic mass is 16.1. The lowest BCUT2D eigenvalue weighted by Gasteiger charge is -2.31. The van der Waals surface area contributed by atoms with Gasteiger partial charge in [0.15, 0.2) is 0 Å². The molecule has 1 aromatic carbocycles. The lowest BCUT2D eigenvalue weighted by atomic mass is 9.99. The van der Waals surface area contributed by atoms with Gasteiger partial charge in [0, 0.05) is 46.0 Å². The number of nitrogens with one attached hydrogen (secondary N) is 1. The number of carbonyl (C=O) groups excluding carboxylic acids is 1. The maximum atomic E-state index is 12.6. The quantitative estimate of drug-likeness (QED) is 0.891. The highest BCUT2D eigenvalue weighted by molar-refractivity contribution is 5.95. The van der Waals surface area contributed by atoms with Crippen LogP contribution >= 0.6 is 0 Å². The van der Waals surface area contributed by atoms with Crippen LogP contribution in [0.2, 0.25) is 0 Å². The number of hydrogen-bond acceptors (Lipinski definition) is 5. The Labute approximate surface area is 155 Å². The zero-order valence-electron chi connectivity index (χ0n) is 16.0. The topological polar surface area (TPSA) is 61.4 Å². The third-order valence-corrected chi connectivity index (χ3v) is 4.73. The SMILES string of the molecule is Cc1nc(N(C)C)ncc1C(=O)N[C@@H](C)CN1CCc2ccccc2C1. The third-order valence-electron chi connectivity index (χ3n) is 4.73. The Morgan fingerprint density at radius 1 is 1.31 bits per heavy atom. The molecule has 6 nitrogen and oxygen atoms in total. The molecule has 1 atom stereocenters. The molecule has 0 saturated carbocycles. The molecule has 1 aliphatic heterocycles. The average Bonchev–Trinajstić information content (AvgIpc) is 2.61. The van der Waals surface area contributed by atoms with Crippen LogP contribution in [0.4, 0.5) is 5.95 Å². The Kier molecular flexibility index (Phi) is 5.52. The molecule has 0 saturated heterocycles. The van der Waals surface area contributed by atoms with E-state index in [2.05, 4.69) is 44.5 Å². The number of aryl methyl sites for hydroxylation is 1. The van der Waals surface area contributed by atoms with Crippen LogP contribution in [-0.2, 0) is 13.0 Å². The van der Waals surface area contributed by atoms with Crippen LogP contribution < -0.4 is 10.2 Å². The highest BCUT2D eigenvalue weighted by Gasteiger charge is 2.20. The van der Waals surface area contributed by atoms with Crippen molar-refractivity contribution in [2.45, 2.75) is 32.9 Å². The summed E-state index contributed by atoms with van der Waals surface area (Å²) in [6, 6.07) is 8.65. The van der Waals surface area contributed by atoms with Gasteiger partial charge in [-0.15, -0.1) is 0 Å². The standard InChI is InChI=1S/C20H27N5O/c1-14(12-25-10-9-16-7-5-6-8-17(16)13-25)22-19(26)18-11-21-20(24(3)4)23-15(18)2/h5-8,11,14H,9-10,12-13H2,1-4H3,(H,22,26)/t14-/m0/s1. The second-order valence-electron chi connectivity index (χ2n) is 7.19. The minimum absolute atomic E-state index is 0.0562. The molecule has 0 unspecified atom stereocenters. The van der Waals surface area contributed by atoms with Gasteiger partial charge in [-0.1, -0.05) is 24.3 Å². The Balaban J connectivity index is 1.58. The molecule has 3 rings (SSSR count). The van der Waals surface area contributed by atoms with E-state index < -0.39 is 0 Å². The zero-order valence-corrected chi connectivity index (χ0v) is 16.0. The largest absolute Gasteiger partial charge is 0.348 e. The molecule has 1 aromatic heterocycles. The van der Waals surface area contributed by atoms with Gasteiger partial charge in [-0.2, -0.15) is 0 Å². The van der Waals surface area contributed by atoms with Gasteiger partial charge < -0.3 is 10.2 Å². The van der Waals surface area contributed by atoms with Gasteiger partial charge in [0.2, 0.25) is 5.95 Å².